The van der Waals surface area contributed by atoms with Crippen LogP contribution in [0.25, 0.3) is 0 Å². The Hall–Kier alpha value is 0.300. The van der Waals surface area contributed by atoms with Crippen molar-refractivity contribution in [2.45, 2.75) is 18.2 Å². The molecule has 1 rings (SSSR count). The normalized spacial score (nSPS) is 9.77. The molecular formula is C9H13BrClNS. The summed E-state index contributed by atoms with van der Waals surface area (Å²) in [5.74, 6) is 0. The predicted molar refractivity (Wildman–Crippen MR) is 65.5 cm³/mol. The quantitative estimate of drug-likeness (QED) is 0.603. The fourth-order valence-corrected chi connectivity index (χ4v) is 2.45. The van der Waals surface area contributed by atoms with E-state index >= 15 is 0 Å². The van der Waals surface area contributed by atoms with Crippen molar-refractivity contribution in [3.8, 4) is 0 Å². The Morgan fingerprint density at radius 3 is 2.46 bits per heavy atom. The van der Waals surface area contributed by atoms with Crippen molar-refractivity contribution >= 4 is 40.5 Å². The number of benzene rings is 1. The molecule has 0 aromatic heterocycles. The van der Waals surface area contributed by atoms with Crippen LogP contribution in [0.2, 0.25) is 0 Å². The molecule has 74 valence electrons. The zero-order valence-corrected chi connectivity index (χ0v) is 10.7. The van der Waals surface area contributed by atoms with Gasteiger partial charge in [-0.05, 0) is 30.5 Å². The Kier molecular flexibility index (Phi) is 7.86. The molecule has 0 heterocycles. The van der Waals surface area contributed by atoms with E-state index in [9.17, 15) is 0 Å². The maximum atomic E-state index is 3.47. The molecule has 13 heavy (non-hydrogen) atoms. The largest absolute Gasteiger partial charge is 0.182 e. The Balaban J connectivity index is 0.00000144. The Labute approximate surface area is 98.8 Å². The van der Waals surface area contributed by atoms with Crippen LogP contribution in [0.4, 0.5) is 0 Å². The molecule has 0 saturated carbocycles. The lowest BCUT2D eigenvalue weighted by Crippen LogP contribution is -2.01. The second-order valence-corrected chi connectivity index (χ2v) is 4.87. The highest BCUT2D eigenvalue weighted by Crippen LogP contribution is 2.24. The van der Waals surface area contributed by atoms with Crippen molar-refractivity contribution in [1.29, 1.82) is 0 Å². The van der Waals surface area contributed by atoms with Crippen molar-refractivity contribution in [1.82, 2.24) is 3.33 Å². The summed E-state index contributed by atoms with van der Waals surface area (Å²) >= 11 is 5.19. The minimum Gasteiger partial charge on any atom is -0.182 e. The second-order valence-electron chi connectivity index (χ2n) is 2.45. The van der Waals surface area contributed by atoms with E-state index in [0.29, 0.717) is 0 Å². The van der Waals surface area contributed by atoms with Crippen LogP contribution < -0.4 is 0 Å². The number of nitrogens with zero attached hydrogens (tertiary/aromatic N) is 1. The molecule has 0 aliphatic carbocycles. The topological polar surface area (TPSA) is 3.24 Å². The zero-order valence-electron chi connectivity index (χ0n) is 7.44. The summed E-state index contributed by atoms with van der Waals surface area (Å²) in [6, 6.07) is 10.3. The van der Waals surface area contributed by atoms with Crippen LogP contribution >= 0.6 is 40.5 Å². The second kappa shape index (κ2) is 7.68. The summed E-state index contributed by atoms with van der Waals surface area (Å²) in [6.07, 6.45) is 1.16. The van der Waals surface area contributed by atoms with E-state index in [1.165, 1.54) is 4.90 Å². The monoisotopic (exact) mass is 281 g/mol. The number of hydrogen-bond donors (Lipinski definition) is 0. The average molecular weight is 283 g/mol. The highest BCUT2D eigenvalue weighted by atomic mass is 79.9. The van der Waals surface area contributed by atoms with Gasteiger partial charge in [-0.15, -0.1) is 12.4 Å². The highest BCUT2D eigenvalue weighted by molar-refractivity contribution is 9.09. The first-order chi connectivity index (χ1) is 5.83. The minimum absolute atomic E-state index is 0. The van der Waals surface area contributed by atoms with Crippen LogP contribution in [0.5, 0.6) is 0 Å². The summed E-state index contributed by atoms with van der Waals surface area (Å²) < 4.78 is 2.07. The van der Waals surface area contributed by atoms with E-state index in [0.717, 1.165) is 13.0 Å². The molecule has 0 aliphatic rings. The molecule has 0 unspecified atom stereocenters. The lowest BCUT2D eigenvalue weighted by Gasteiger charge is -2.10. The summed E-state index contributed by atoms with van der Waals surface area (Å²) in [7, 11) is 0. The van der Waals surface area contributed by atoms with Crippen LogP contribution in [-0.2, 0) is 0 Å². The van der Waals surface area contributed by atoms with E-state index in [1.807, 2.05) is 6.07 Å². The molecule has 0 bridgehead atoms. The molecule has 0 fully saturated rings. The van der Waals surface area contributed by atoms with Gasteiger partial charge in [0, 0.05) is 27.6 Å². The van der Waals surface area contributed by atoms with Crippen molar-refractivity contribution < 1.29 is 0 Å². The lowest BCUT2D eigenvalue weighted by molar-refractivity contribution is 0.725. The fraction of sp³-hybridized carbons (Fsp3) is 0.333. The summed E-state index contributed by atoms with van der Waals surface area (Å²) in [5.41, 5.74) is 0. The standard InChI is InChI=1S/C9H12BrNS.ClH/c1-2-8-11(10)12-9-6-4-3-5-7-9;/h3-7H,2,8H2,1H3;1H. The van der Waals surface area contributed by atoms with Crippen molar-refractivity contribution in [2.24, 2.45) is 0 Å². The van der Waals surface area contributed by atoms with Gasteiger partial charge in [0.05, 0.1) is 0 Å². The molecule has 1 aromatic rings. The van der Waals surface area contributed by atoms with Gasteiger partial charge in [0.25, 0.3) is 0 Å². The molecule has 0 atom stereocenters. The van der Waals surface area contributed by atoms with Gasteiger partial charge >= 0.3 is 0 Å². The SMILES string of the molecule is CCCN(Br)Sc1ccccc1.Cl. The van der Waals surface area contributed by atoms with E-state index in [1.54, 1.807) is 11.9 Å². The molecule has 0 aliphatic heterocycles. The van der Waals surface area contributed by atoms with Crippen molar-refractivity contribution in [3.63, 3.8) is 0 Å². The molecular weight excluding hydrogens is 270 g/mol. The number of rotatable bonds is 4. The van der Waals surface area contributed by atoms with E-state index in [4.69, 9.17) is 0 Å². The summed E-state index contributed by atoms with van der Waals surface area (Å²) in [4.78, 5) is 1.27. The van der Waals surface area contributed by atoms with E-state index in [2.05, 4.69) is 50.7 Å². The van der Waals surface area contributed by atoms with Crippen LogP contribution in [0.15, 0.2) is 35.2 Å². The Bertz CT molecular complexity index is 220. The first-order valence-electron chi connectivity index (χ1n) is 3.99. The fourth-order valence-electron chi connectivity index (χ4n) is 0.817. The van der Waals surface area contributed by atoms with Gasteiger partial charge in [-0.1, -0.05) is 25.1 Å². The number of halogens is 2. The summed E-state index contributed by atoms with van der Waals surface area (Å²) in [6.45, 7) is 3.22. The average Bonchev–Trinajstić information content (AvgIpc) is 2.06. The maximum Gasteiger partial charge on any atom is 0.0240 e. The zero-order chi connectivity index (χ0) is 8.81. The van der Waals surface area contributed by atoms with Gasteiger partial charge in [-0.3, -0.25) is 0 Å². The van der Waals surface area contributed by atoms with Gasteiger partial charge < -0.3 is 0 Å². The lowest BCUT2D eigenvalue weighted by atomic mass is 10.4. The van der Waals surface area contributed by atoms with Gasteiger partial charge in [0.2, 0.25) is 0 Å². The first kappa shape index (κ1) is 13.3. The Morgan fingerprint density at radius 1 is 1.31 bits per heavy atom. The van der Waals surface area contributed by atoms with Gasteiger partial charge in [-0.25, -0.2) is 0 Å². The molecule has 0 spiro atoms. The Morgan fingerprint density at radius 2 is 1.92 bits per heavy atom. The summed E-state index contributed by atoms with van der Waals surface area (Å²) in [5, 5.41) is 0. The van der Waals surface area contributed by atoms with Crippen LogP contribution in [-0.4, -0.2) is 9.88 Å². The first-order valence-corrected chi connectivity index (χ1v) is 5.47. The van der Waals surface area contributed by atoms with Crippen LogP contribution in [0.1, 0.15) is 13.3 Å². The molecule has 4 heteroatoms. The van der Waals surface area contributed by atoms with Gasteiger partial charge in [0.15, 0.2) is 0 Å². The van der Waals surface area contributed by atoms with Crippen LogP contribution in [0, 0.1) is 0 Å². The molecule has 0 amide bonds. The third-order valence-electron chi connectivity index (χ3n) is 1.35. The van der Waals surface area contributed by atoms with E-state index in [-0.39, 0.29) is 12.4 Å². The smallest absolute Gasteiger partial charge is 0.0240 e. The highest BCUT2D eigenvalue weighted by Gasteiger charge is 1.99. The van der Waals surface area contributed by atoms with E-state index < -0.39 is 0 Å². The van der Waals surface area contributed by atoms with Gasteiger partial charge in [0.1, 0.15) is 0 Å². The van der Waals surface area contributed by atoms with Crippen molar-refractivity contribution in [3.05, 3.63) is 30.3 Å². The molecule has 1 nitrogen and oxygen atoms in total. The van der Waals surface area contributed by atoms with Crippen LogP contribution in [0.3, 0.4) is 0 Å². The molecule has 0 N–H and O–H groups in total. The molecule has 0 radical (unpaired) electrons. The van der Waals surface area contributed by atoms with Gasteiger partial charge in [-0.2, -0.15) is 3.33 Å². The maximum absolute atomic E-state index is 3.47. The number of hydrogen-bond acceptors (Lipinski definition) is 2. The van der Waals surface area contributed by atoms with Crippen molar-refractivity contribution in [2.75, 3.05) is 6.54 Å². The third kappa shape index (κ3) is 5.57. The third-order valence-corrected chi connectivity index (χ3v) is 3.00. The molecule has 1 aromatic carbocycles. The molecule has 0 saturated heterocycles. The minimum atomic E-state index is 0. The predicted octanol–water partition coefficient (Wildman–Crippen LogP) is 4.14.